The Balaban J connectivity index is 1.86. The van der Waals surface area contributed by atoms with Gasteiger partial charge < -0.3 is 5.73 Å². The highest BCUT2D eigenvalue weighted by Crippen LogP contribution is 2.34. The topological polar surface area (TPSA) is 54.7 Å². The van der Waals surface area contributed by atoms with Gasteiger partial charge in [-0.05, 0) is 37.2 Å². The Morgan fingerprint density at radius 3 is 3.00 bits per heavy atom. The Hall–Kier alpha value is -0.830. The van der Waals surface area contributed by atoms with Crippen LogP contribution in [0.3, 0.4) is 0 Å². The van der Waals surface area contributed by atoms with Gasteiger partial charge >= 0.3 is 0 Å². The van der Waals surface area contributed by atoms with E-state index in [9.17, 15) is 0 Å². The number of hydrogen-bond donors (Lipinski definition) is 2. The number of H-pyrrole nitrogens is 1. The molecule has 3 rings (SSSR count). The lowest BCUT2D eigenvalue weighted by atomic mass is 10.1. The fourth-order valence-electron chi connectivity index (χ4n) is 2.21. The van der Waals surface area contributed by atoms with Crippen molar-refractivity contribution in [2.45, 2.75) is 38.1 Å². The number of nitrogens with one attached hydrogen (secondary N) is 1. The first-order valence-electron chi connectivity index (χ1n) is 5.13. The van der Waals surface area contributed by atoms with Gasteiger partial charge in [0.2, 0.25) is 0 Å². The number of aromatic nitrogens is 2. The molecule has 0 radical (unpaired) electrons. The maximum absolute atomic E-state index is 5.90. The van der Waals surface area contributed by atoms with Gasteiger partial charge in [-0.1, -0.05) is 0 Å². The monoisotopic (exact) mass is 177 g/mol. The van der Waals surface area contributed by atoms with Crippen LogP contribution in [0, 0.1) is 5.92 Å². The molecule has 0 saturated heterocycles. The number of aromatic amines is 1. The predicted octanol–water partition coefficient (Wildman–Crippen LogP) is 0.788. The van der Waals surface area contributed by atoms with Gasteiger partial charge in [-0.25, -0.2) is 0 Å². The van der Waals surface area contributed by atoms with Crippen LogP contribution in [0.4, 0.5) is 0 Å². The average Bonchev–Trinajstić information content (AvgIpc) is 2.73. The SMILES string of the molecule is NC1Cc2[nH]nc(CC3CC3)c2C1. The Morgan fingerprint density at radius 1 is 1.38 bits per heavy atom. The number of rotatable bonds is 2. The molecule has 1 aromatic rings. The van der Waals surface area contributed by atoms with E-state index in [1.165, 1.54) is 36.2 Å². The van der Waals surface area contributed by atoms with Gasteiger partial charge in [0, 0.05) is 18.2 Å². The van der Waals surface area contributed by atoms with E-state index >= 15 is 0 Å². The highest BCUT2D eigenvalue weighted by Gasteiger charge is 2.28. The molecule has 1 unspecified atom stereocenters. The summed E-state index contributed by atoms with van der Waals surface area (Å²) < 4.78 is 0. The lowest BCUT2D eigenvalue weighted by Crippen LogP contribution is -2.20. The Bertz CT molecular complexity index is 325. The minimum absolute atomic E-state index is 0.335. The minimum atomic E-state index is 0.335. The molecule has 13 heavy (non-hydrogen) atoms. The lowest BCUT2D eigenvalue weighted by molar-refractivity contribution is 0.690. The van der Waals surface area contributed by atoms with Crippen molar-refractivity contribution in [3.8, 4) is 0 Å². The molecule has 0 amide bonds. The third kappa shape index (κ3) is 1.27. The molecule has 1 saturated carbocycles. The first-order chi connectivity index (χ1) is 6.33. The van der Waals surface area contributed by atoms with E-state index in [4.69, 9.17) is 5.73 Å². The summed E-state index contributed by atoms with van der Waals surface area (Å²) in [5, 5.41) is 7.49. The molecule has 0 aromatic carbocycles. The summed E-state index contributed by atoms with van der Waals surface area (Å²) in [5.41, 5.74) is 9.92. The maximum atomic E-state index is 5.90. The minimum Gasteiger partial charge on any atom is -0.327 e. The molecule has 3 heteroatoms. The van der Waals surface area contributed by atoms with Crippen molar-refractivity contribution in [3.05, 3.63) is 17.0 Å². The van der Waals surface area contributed by atoms with Crippen LogP contribution in [0.1, 0.15) is 29.8 Å². The van der Waals surface area contributed by atoms with E-state index in [-0.39, 0.29) is 0 Å². The van der Waals surface area contributed by atoms with Crippen LogP contribution >= 0.6 is 0 Å². The lowest BCUT2D eigenvalue weighted by Gasteiger charge is -2.00. The molecule has 1 atom stereocenters. The number of hydrogen-bond acceptors (Lipinski definition) is 2. The summed E-state index contributed by atoms with van der Waals surface area (Å²) in [5.74, 6) is 0.921. The van der Waals surface area contributed by atoms with Crippen molar-refractivity contribution in [1.82, 2.24) is 10.2 Å². The average molecular weight is 177 g/mol. The molecule has 1 fully saturated rings. The van der Waals surface area contributed by atoms with Gasteiger partial charge in [-0.3, -0.25) is 5.10 Å². The molecule has 0 bridgehead atoms. The van der Waals surface area contributed by atoms with Gasteiger partial charge in [0.1, 0.15) is 0 Å². The van der Waals surface area contributed by atoms with E-state index in [0.29, 0.717) is 6.04 Å². The third-order valence-electron chi connectivity index (χ3n) is 3.15. The summed E-state index contributed by atoms with van der Waals surface area (Å²) >= 11 is 0. The van der Waals surface area contributed by atoms with Crippen molar-refractivity contribution < 1.29 is 0 Å². The molecular weight excluding hydrogens is 162 g/mol. The van der Waals surface area contributed by atoms with Crippen molar-refractivity contribution in [3.63, 3.8) is 0 Å². The van der Waals surface area contributed by atoms with Crippen molar-refractivity contribution >= 4 is 0 Å². The van der Waals surface area contributed by atoms with E-state index in [1.54, 1.807) is 0 Å². The quantitative estimate of drug-likeness (QED) is 0.701. The summed E-state index contributed by atoms with van der Waals surface area (Å²) in [6, 6.07) is 0.335. The maximum Gasteiger partial charge on any atom is 0.0660 e. The number of nitrogens with zero attached hydrogens (tertiary/aromatic N) is 1. The van der Waals surface area contributed by atoms with Crippen molar-refractivity contribution in [1.29, 1.82) is 0 Å². The second-order valence-electron chi connectivity index (χ2n) is 4.44. The number of nitrogens with two attached hydrogens (primary N) is 1. The largest absolute Gasteiger partial charge is 0.327 e. The molecule has 3 nitrogen and oxygen atoms in total. The fraction of sp³-hybridized carbons (Fsp3) is 0.700. The summed E-state index contributed by atoms with van der Waals surface area (Å²) in [6.45, 7) is 0. The normalized spacial score (nSPS) is 26.4. The number of fused-ring (bicyclic) bond motifs is 1. The highest BCUT2D eigenvalue weighted by molar-refractivity contribution is 5.32. The van der Waals surface area contributed by atoms with Crippen LogP contribution in [-0.4, -0.2) is 16.2 Å². The van der Waals surface area contributed by atoms with Crippen LogP contribution in [0.15, 0.2) is 0 Å². The zero-order chi connectivity index (χ0) is 8.84. The second-order valence-corrected chi connectivity index (χ2v) is 4.44. The molecular formula is C10H15N3. The van der Waals surface area contributed by atoms with Crippen molar-refractivity contribution in [2.24, 2.45) is 11.7 Å². The molecule has 0 spiro atoms. The third-order valence-corrected chi connectivity index (χ3v) is 3.15. The van der Waals surface area contributed by atoms with E-state index < -0.39 is 0 Å². The van der Waals surface area contributed by atoms with Gasteiger partial charge in [0.15, 0.2) is 0 Å². The molecule has 2 aliphatic carbocycles. The van der Waals surface area contributed by atoms with Crippen LogP contribution in [0.2, 0.25) is 0 Å². The molecule has 1 heterocycles. The summed E-state index contributed by atoms with van der Waals surface area (Å²) in [6.07, 6.45) is 6.00. The van der Waals surface area contributed by atoms with Crippen LogP contribution in [0.25, 0.3) is 0 Å². The Morgan fingerprint density at radius 2 is 2.23 bits per heavy atom. The standard InChI is InChI=1S/C10H15N3/c11-7-4-8-9(3-6-1-2-6)12-13-10(8)5-7/h6-7H,1-5,11H2,(H,12,13). The van der Waals surface area contributed by atoms with E-state index in [1.807, 2.05) is 0 Å². The first kappa shape index (κ1) is 7.56. The van der Waals surface area contributed by atoms with E-state index in [0.717, 1.165) is 18.8 Å². The van der Waals surface area contributed by atoms with Crippen LogP contribution in [-0.2, 0) is 19.3 Å². The molecule has 2 aliphatic rings. The van der Waals surface area contributed by atoms with Gasteiger partial charge in [-0.15, -0.1) is 0 Å². The molecule has 0 aliphatic heterocycles. The van der Waals surface area contributed by atoms with Gasteiger partial charge in [-0.2, -0.15) is 5.10 Å². The first-order valence-corrected chi connectivity index (χ1v) is 5.13. The Kier molecular flexibility index (Phi) is 1.50. The van der Waals surface area contributed by atoms with Gasteiger partial charge in [0.05, 0.1) is 5.69 Å². The summed E-state index contributed by atoms with van der Waals surface area (Å²) in [4.78, 5) is 0. The van der Waals surface area contributed by atoms with E-state index in [2.05, 4.69) is 10.2 Å². The summed E-state index contributed by atoms with van der Waals surface area (Å²) in [7, 11) is 0. The van der Waals surface area contributed by atoms with Crippen LogP contribution in [0.5, 0.6) is 0 Å². The predicted molar refractivity (Wildman–Crippen MR) is 50.4 cm³/mol. The fourth-order valence-corrected chi connectivity index (χ4v) is 2.21. The smallest absolute Gasteiger partial charge is 0.0660 e. The van der Waals surface area contributed by atoms with Gasteiger partial charge in [0.25, 0.3) is 0 Å². The zero-order valence-corrected chi connectivity index (χ0v) is 7.71. The molecule has 1 aromatic heterocycles. The highest BCUT2D eigenvalue weighted by atomic mass is 15.1. The zero-order valence-electron chi connectivity index (χ0n) is 7.71. The second kappa shape index (κ2) is 2.58. The molecule has 70 valence electrons. The van der Waals surface area contributed by atoms with Crippen molar-refractivity contribution in [2.75, 3.05) is 0 Å². The molecule has 3 N–H and O–H groups in total. The Labute approximate surface area is 77.7 Å². The van der Waals surface area contributed by atoms with Crippen LogP contribution < -0.4 is 5.73 Å².